The van der Waals surface area contributed by atoms with Crippen LogP contribution in [0.5, 0.6) is 0 Å². The molecule has 0 spiro atoms. The van der Waals surface area contributed by atoms with Crippen molar-refractivity contribution in [3.63, 3.8) is 0 Å². The Bertz CT molecular complexity index is 532. The number of nitrogens with one attached hydrogen (secondary N) is 1. The first-order chi connectivity index (χ1) is 9.70. The summed E-state index contributed by atoms with van der Waals surface area (Å²) in [5, 5.41) is 3.46. The quantitative estimate of drug-likeness (QED) is 0.852. The summed E-state index contributed by atoms with van der Waals surface area (Å²) in [6, 6.07) is 3.44. The largest absolute Gasteiger partial charge is 0.381 e. The van der Waals surface area contributed by atoms with Crippen molar-refractivity contribution in [3.05, 3.63) is 28.5 Å². The van der Waals surface area contributed by atoms with Crippen molar-refractivity contribution in [3.8, 4) is 0 Å². The number of pyridine rings is 1. The van der Waals surface area contributed by atoms with Gasteiger partial charge in [0.25, 0.3) is 5.91 Å². The Kier molecular flexibility index (Phi) is 4.59. The molecule has 1 aromatic rings. The zero-order valence-corrected chi connectivity index (χ0v) is 13.9. The lowest BCUT2D eigenvalue weighted by molar-refractivity contribution is 0.0423. The molecule has 0 atom stereocenters. The van der Waals surface area contributed by atoms with Crippen LogP contribution < -0.4 is 5.32 Å². The molecule has 5 heteroatoms. The summed E-state index contributed by atoms with van der Waals surface area (Å²) >= 11 is 6.07. The summed E-state index contributed by atoms with van der Waals surface area (Å²) < 4.78 is 5.35. The standard InChI is InChI=1S/C16H23ClN2O2/c1-15(2,3)12-9-11(10-13(17)18-12)14(20)19-16(4)5-7-21-8-6-16/h9-10H,5-8H2,1-4H3,(H,19,20). The molecule has 2 rings (SSSR count). The van der Waals surface area contributed by atoms with E-state index in [-0.39, 0.29) is 16.9 Å². The summed E-state index contributed by atoms with van der Waals surface area (Å²) in [5.41, 5.74) is 1.01. The molecular weight excluding hydrogens is 288 g/mol. The van der Waals surface area contributed by atoms with E-state index in [0.717, 1.165) is 18.5 Å². The molecule has 1 N–H and O–H groups in total. The van der Waals surface area contributed by atoms with Crippen molar-refractivity contribution in [2.24, 2.45) is 0 Å². The second-order valence-electron chi connectivity index (χ2n) is 6.94. The van der Waals surface area contributed by atoms with Gasteiger partial charge >= 0.3 is 0 Å². The third-order valence-electron chi connectivity index (χ3n) is 3.84. The Morgan fingerprint density at radius 1 is 1.33 bits per heavy atom. The van der Waals surface area contributed by atoms with Crippen molar-refractivity contribution in [2.45, 2.75) is 51.5 Å². The Labute approximate surface area is 131 Å². The Balaban J connectivity index is 2.21. The van der Waals surface area contributed by atoms with Gasteiger partial charge in [-0.2, -0.15) is 0 Å². The van der Waals surface area contributed by atoms with Gasteiger partial charge in [0.05, 0.1) is 0 Å². The van der Waals surface area contributed by atoms with Gasteiger partial charge in [-0.25, -0.2) is 4.98 Å². The lowest BCUT2D eigenvalue weighted by Crippen LogP contribution is -2.49. The molecule has 116 valence electrons. The number of halogens is 1. The van der Waals surface area contributed by atoms with Gasteiger partial charge in [0.1, 0.15) is 5.15 Å². The van der Waals surface area contributed by atoms with Crippen molar-refractivity contribution < 1.29 is 9.53 Å². The molecule has 0 aliphatic carbocycles. The minimum Gasteiger partial charge on any atom is -0.381 e. The van der Waals surface area contributed by atoms with Gasteiger partial charge in [-0.05, 0) is 31.9 Å². The maximum Gasteiger partial charge on any atom is 0.251 e. The summed E-state index contributed by atoms with van der Waals surface area (Å²) in [4.78, 5) is 16.8. The molecule has 0 aromatic carbocycles. The highest BCUT2D eigenvalue weighted by atomic mass is 35.5. The van der Waals surface area contributed by atoms with Crippen LogP contribution in [0.4, 0.5) is 0 Å². The van der Waals surface area contributed by atoms with Crippen LogP contribution >= 0.6 is 11.6 Å². The van der Waals surface area contributed by atoms with Gasteiger partial charge in [-0.1, -0.05) is 32.4 Å². The van der Waals surface area contributed by atoms with E-state index in [1.165, 1.54) is 0 Å². The number of hydrogen-bond donors (Lipinski definition) is 1. The van der Waals surface area contributed by atoms with Gasteiger partial charge in [-0.15, -0.1) is 0 Å². The highest BCUT2D eigenvalue weighted by Gasteiger charge is 2.30. The highest BCUT2D eigenvalue weighted by Crippen LogP contribution is 2.25. The zero-order chi connectivity index (χ0) is 15.7. The SMILES string of the molecule is CC1(NC(=O)c2cc(Cl)nc(C(C)(C)C)c2)CCOCC1. The highest BCUT2D eigenvalue weighted by molar-refractivity contribution is 6.29. The van der Waals surface area contributed by atoms with Gasteiger partial charge < -0.3 is 10.1 Å². The van der Waals surface area contributed by atoms with Crippen LogP contribution in [0.3, 0.4) is 0 Å². The van der Waals surface area contributed by atoms with Crippen molar-refractivity contribution in [1.29, 1.82) is 0 Å². The molecule has 0 radical (unpaired) electrons. The van der Waals surface area contributed by atoms with Gasteiger partial charge in [0.15, 0.2) is 0 Å². The summed E-state index contributed by atoms with van der Waals surface area (Å²) in [6.45, 7) is 9.57. The summed E-state index contributed by atoms with van der Waals surface area (Å²) in [7, 11) is 0. The van der Waals surface area contributed by atoms with Crippen molar-refractivity contribution >= 4 is 17.5 Å². The van der Waals surface area contributed by atoms with Crippen LogP contribution in [0.25, 0.3) is 0 Å². The van der Waals surface area contributed by atoms with Crippen LogP contribution in [-0.4, -0.2) is 29.6 Å². The van der Waals surface area contributed by atoms with Gasteiger partial charge in [0, 0.05) is 35.4 Å². The van der Waals surface area contributed by atoms with E-state index in [0.29, 0.717) is 23.9 Å². The van der Waals surface area contributed by atoms with E-state index in [4.69, 9.17) is 16.3 Å². The third-order valence-corrected chi connectivity index (χ3v) is 4.03. The number of amides is 1. The topological polar surface area (TPSA) is 51.2 Å². The maximum atomic E-state index is 12.5. The van der Waals surface area contributed by atoms with Crippen molar-refractivity contribution in [1.82, 2.24) is 10.3 Å². The predicted molar refractivity (Wildman–Crippen MR) is 83.9 cm³/mol. The number of aromatic nitrogens is 1. The minimum absolute atomic E-state index is 0.103. The summed E-state index contributed by atoms with van der Waals surface area (Å²) in [6.07, 6.45) is 1.65. The van der Waals surface area contributed by atoms with E-state index < -0.39 is 0 Å². The normalized spacial score (nSPS) is 18.3. The van der Waals surface area contributed by atoms with Crippen LogP contribution in [0.2, 0.25) is 5.15 Å². The van der Waals surface area contributed by atoms with Crippen LogP contribution in [-0.2, 0) is 10.2 Å². The van der Waals surface area contributed by atoms with Crippen LogP contribution in [0, 0.1) is 0 Å². The average Bonchev–Trinajstić information content (AvgIpc) is 2.37. The molecule has 2 heterocycles. The molecule has 1 saturated heterocycles. The molecule has 1 aromatic heterocycles. The monoisotopic (exact) mass is 310 g/mol. The van der Waals surface area contributed by atoms with Crippen LogP contribution in [0.15, 0.2) is 12.1 Å². The van der Waals surface area contributed by atoms with Crippen LogP contribution in [0.1, 0.15) is 56.6 Å². The van der Waals surface area contributed by atoms with Gasteiger partial charge in [0.2, 0.25) is 0 Å². The van der Waals surface area contributed by atoms with E-state index in [1.54, 1.807) is 6.07 Å². The molecule has 0 saturated carbocycles. The first kappa shape index (κ1) is 16.2. The van der Waals surface area contributed by atoms with Gasteiger partial charge in [-0.3, -0.25) is 4.79 Å². The summed E-state index contributed by atoms with van der Waals surface area (Å²) in [5.74, 6) is -0.103. The molecule has 1 aliphatic rings. The predicted octanol–water partition coefficient (Wildman–Crippen LogP) is 3.33. The van der Waals surface area contributed by atoms with E-state index in [2.05, 4.69) is 17.2 Å². The fraction of sp³-hybridized carbons (Fsp3) is 0.625. The number of carbonyl (C=O) groups is 1. The van der Waals surface area contributed by atoms with E-state index in [1.807, 2.05) is 26.8 Å². The number of nitrogens with zero attached hydrogens (tertiary/aromatic N) is 1. The van der Waals surface area contributed by atoms with E-state index in [9.17, 15) is 4.79 Å². The first-order valence-corrected chi connectivity index (χ1v) is 7.66. The fourth-order valence-electron chi connectivity index (χ4n) is 2.31. The minimum atomic E-state index is -0.215. The molecule has 1 fully saturated rings. The number of hydrogen-bond acceptors (Lipinski definition) is 3. The third kappa shape index (κ3) is 4.17. The van der Waals surface area contributed by atoms with E-state index >= 15 is 0 Å². The smallest absolute Gasteiger partial charge is 0.251 e. The Hall–Kier alpha value is -1.13. The zero-order valence-electron chi connectivity index (χ0n) is 13.1. The number of rotatable bonds is 2. The second kappa shape index (κ2) is 5.93. The molecule has 1 aliphatic heterocycles. The molecule has 0 bridgehead atoms. The Morgan fingerprint density at radius 3 is 2.52 bits per heavy atom. The first-order valence-electron chi connectivity index (χ1n) is 7.28. The lowest BCUT2D eigenvalue weighted by Gasteiger charge is -2.34. The fourth-order valence-corrected chi connectivity index (χ4v) is 2.51. The van der Waals surface area contributed by atoms with Crippen molar-refractivity contribution in [2.75, 3.05) is 13.2 Å². The Morgan fingerprint density at radius 2 is 1.95 bits per heavy atom. The molecule has 1 amide bonds. The number of ether oxygens (including phenoxy) is 1. The second-order valence-corrected chi connectivity index (χ2v) is 7.33. The molecular formula is C16H23ClN2O2. The molecule has 0 unspecified atom stereocenters. The molecule has 4 nitrogen and oxygen atoms in total. The average molecular weight is 311 g/mol. The molecule has 21 heavy (non-hydrogen) atoms. The lowest BCUT2D eigenvalue weighted by atomic mass is 9.90. The maximum absolute atomic E-state index is 12.5. The number of carbonyl (C=O) groups excluding carboxylic acids is 1.